The fourth-order valence-corrected chi connectivity index (χ4v) is 4.62. The summed E-state index contributed by atoms with van der Waals surface area (Å²) in [4.78, 5) is 53.9. The van der Waals surface area contributed by atoms with E-state index in [0.717, 1.165) is 5.82 Å². The summed E-state index contributed by atoms with van der Waals surface area (Å²) < 4.78 is 0. The van der Waals surface area contributed by atoms with Gasteiger partial charge in [-0.15, -0.1) is 0 Å². The van der Waals surface area contributed by atoms with E-state index < -0.39 is 5.91 Å². The molecule has 1 fully saturated rings. The van der Waals surface area contributed by atoms with Crippen LogP contribution in [0.3, 0.4) is 0 Å². The molecule has 0 radical (unpaired) electrons. The van der Waals surface area contributed by atoms with Crippen molar-refractivity contribution in [3.8, 4) is 0 Å². The van der Waals surface area contributed by atoms with Crippen molar-refractivity contribution in [1.82, 2.24) is 40.5 Å². The topological polar surface area (TPSA) is 233 Å². The van der Waals surface area contributed by atoms with Gasteiger partial charge < -0.3 is 32.4 Å². The van der Waals surface area contributed by atoms with Gasteiger partial charge in [-0.25, -0.2) is 15.0 Å². The minimum atomic E-state index is -0.593. The molecule has 1 spiro atoms. The SMILES string of the molecule is Nc1nc(N)c(C(=O)NC2=NCC3(CCN(C(=O)CCCc4nc5[nH+]cnc(N)c5[nH]4)CC3)N2)nc1Cl. The van der Waals surface area contributed by atoms with Crippen molar-refractivity contribution in [2.45, 2.75) is 37.6 Å². The van der Waals surface area contributed by atoms with Crippen molar-refractivity contribution in [2.24, 2.45) is 4.99 Å². The van der Waals surface area contributed by atoms with E-state index in [1.165, 1.54) is 6.33 Å². The molecule has 1 saturated heterocycles. The number of anilines is 3. The van der Waals surface area contributed by atoms with Crippen LogP contribution >= 0.6 is 11.6 Å². The van der Waals surface area contributed by atoms with Gasteiger partial charge in [0.2, 0.25) is 18.1 Å². The molecule has 10 N–H and O–H groups in total. The second-order valence-electron chi connectivity index (χ2n) is 9.09. The standard InChI is InChI=1S/C21H26ClN13O2/c22-14-17(25)32-16(24)13(31-14)19(37)33-20-26-8-21(34-20)4-6-35(7-5-21)11(36)3-1-2-10-29-12-15(23)27-9-28-18(12)30-10/h9H,1-8H2,(H4,24,25,32)(H2,26,33,34,37)(H3,23,27,28,29,30)/p+1. The van der Waals surface area contributed by atoms with Crippen LogP contribution in [-0.2, 0) is 11.2 Å². The number of aromatic nitrogens is 6. The number of nitrogens with one attached hydrogen (secondary N) is 4. The van der Waals surface area contributed by atoms with Crippen LogP contribution in [0.1, 0.15) is 42.0 Å². The molecule has 3 aromatic heterocycles. The molecule has 5 heterocycles. The molecule has 0 atom stereocenters. The number of carbonyl (C=O) groups excluding carboxylic acids is 2. The predicted molar refractivity (Wildman–Crippen MR) is 135 cm³/mol. The molecule has 2 amide bonds. The van der Waals surface area contributed by atoms with E-state index in [0.29, 0.717) is 74.7 Å². The zero-order chi connectivity index (χ0) is 26.2. The number of nitrogens with two attached hydrogens (primary N) is 3. The highest BCUT2D eigenvalue weighted by Gasteiger charge is 2.40. The molecular formula is C21H27ClN13O2+. The molecule has 0 aliphatic carbocycles. The second kappa shape index (κ2) is 9.65. The lowest BCUT2D eigenvalue weighted by Gasteiger charge is -2.39. The summed E-state index contributed by atoms with van der Waals surface area (Å²) in [6, 6.07) is 0. The highest BCUT2D eigenvalue weighted by molar-refractivity contribution is 6.31. The summed E-state index contributed by atoms with van der Waals surface area (Å²) in [6.07, 6.45) is 4.59. The van der Waals surface area contributed by atoms with E-state index in [-0.39, 0.29) is 33.9 Å². The van der Waals surface area contributed by atoms with Crippen molar-refractivity contribution >= 4 is 58.0 Å². The number of nitrogen functional groups attached to an aromatic ring is 3. The maximum absolute atomic E-state index is 12.8. The van der Waals surface area contributed by atoms with E-state index in [1.54, 1.807) is 0 Å². The number of aliphatic imine (C=N–C) groups is 1. The number of hydrogen-bond donors (Lipinski definition) is 6. The van der Waals surface area contributed by atoms with Gasteiger partial charge in [0, 0.05) is 25.9 Å². The van der Waals surface area contributed by atoms with Gasteiger partial charge in [-0.3, -0.25) is 19.9 Å². The molecule has 5 rings (SSSR count). The van der Waals surface area contributed by atoms with Crippen LogP contribution in [0.4, 0.5) is 17.5 Å². The molecule has 0 unspecified atom stereocenters. The van der Waals surface area contributed by atoms with E-state index in [9.17, 15) is 9.59 Å². The minimum absolute atomic E-state index is 0.0526. The number of likely N-dealkylation sites (tertiary alicyclic amines) is 1. The number of halogens is 1. The average molecular weight is 529 g/mol. The van der Waals surface area contributed by atoms with Crippen LogP contribution in [0.2, 0.25) is 5.15 Å². The van der Waals surface area contributed by atoms with Gasteiger partial charge in [0.05, 0.1) is 12.1 Å². The average Bonchev–Trinajstić information content (AvgIpc) is 3.46. The Morgan fingerprint density at radius 3 is 2.68 bits per heavy atom. The quantitative estimate of drug-likeness (QED) is 0.237. The fourth-order valence-electron chi connectivity index (χ4n) is 4.50. The molecular weight excluding hydrogens is 502 g/mol. The van der Waals surface area contributed by atoms with Crippen molar-refractivity contribution in [3.05, 3.63) is 23.0 Å². The van der Waals surface area contributed by atoms with Crippen molar-refractivity contribution in [2.75, 3.05) is 36.8 Å². The number of rotatable bonds is 5. The van der Waals surface area contributed by atoms with Gasteiger partial charge in [-0.05, 0) is 19.3 Å². The lowest BCUT2D eigenvalue weighted by atomic mass is 9.88. The first-order chi connectivity index (χ1) is 17.7. The van der Waals surface area contributed by atoms with Crippen LogP contribution in [0.5, 0.6) is 0 Å². The lowest BCUT2D eigenvalue weighted by Crippen LogP contribution is -2.56. The smallest absolute Gasteiger partial charge is 0.291 e. The monoisotopic (exact) mass is 528 g/mol. The number of H-pyrrole nitrogens is 2. The zero-order valence-electron chi connectivity index (χ0n) is 19.8. The van der Waals surface area contributed by atoms with Crippen LogP contribution in [0.25, 0.3) is 11.2 Å². The van der Waals surface area contributed by atoms with Crippen LogP contribution in [-0.4, -0.2) is 72.8 Å². The summed E-state index contributed by atoms with van der Waals surface area (Å²) in [7, 11) is 0. The summed E-state index contributed by atoms with van der Waals surface area (Å²) in [6.45, 7) is 1.67. The van der Waals surface area contributed by atoms with Crippen LogP contribution in [0, 0.1) is 0 Å². The number of imidazole rings is 1. The first kappa shape index (κ1) is 24.4. The second-order valence-corrected chi connectivity index (χ2v) is 9.45. The molecule has 37 heavy (non-hydrogen) atoms. The molecule has 194 valence electrons. The Morgan fingerprint density at radius 2 is 1.92 bits per heavy atom. The molecule has 15 nitrogen and oxygen atoms in total. The molecule has 16 heteroatoms. The largest absolute Gasteiger partial charge is 0.382 e. The van der Waals surface area contributed by atoms with Gasteiger partial charge in [0.15, 0.2) is 39.8 Å². The third-order valence-electron chi connectivity index (χ3n) is 6.57. The number of guanidine groups is 1. The first-order valence-electron chi connectivity index (χ1n) is 11.7. The number of nitrogens with zero attached hydrogens (tertiary/aromatic N) is 6. The third kappa shape index (κ3) is 5.02. The maximum atomic E-state index is 12.8. The Bertz CT molecular complexity index is 1400. The number of amides is 2. The van der Waals surface area contributed by atoms with E-state index in [1.807, 2.05) is 4.90 Å². The normalized spacial score (nSPS) is 16.6. The Kier molecular flexibility index (Phi) is 6.37. The third-order valence-corrected chi connectivity index (χ3v) is 6.84. The van der Waals surface area contributed by atoms with Crippen molar-refractivity contribution < 1.29 is 14.6 Å². The molecule has 2 aliphatic heterocycles. The van der Waals surface area contributed by atoms with Crippen molar-refractivity contribution in [1.29, 1.82) is 0 Å². The fraction of sp³-hybridized carbons (Fsp3) is 0.429. The maximum Gasteiger partial charge on any atom is 0.291 e. The Balaban J connectivity index is 1.08. The summed E-state index contributed by atoms with van der Waals surface area (Å²) in [5.41, 5.74) is 18.0. The number of piperidine rings is 1. The van der Waals surface area contributed by atoms with Gasteiger partial charge in [-0.1, -0.05) is 21.6 Å². The Morgan fingerprint density at radius 1 is 1.14 bits per heavy atom. The van der Waals surface area contributed by atoms with Crippen LogP contribution in [0.15, 0.2) is 11.3 Å². The van der Waals surface area contributed by atoms with E-state index in [4.69, 9.17) is 28.8 Å². The van der Waals surface area contributed by atoms with Crippen molar-refractivity contribution in [3.63, 3.8) is 0 Å². The number of hydrogen-bond acceptors (Lipinski definition) is 11. The minimum Gasteiger partial charge on any atom is -0.382 e. The van der Waals surface area contributed by atoms with Gasteiger partial charge in [0.1, 0.15) is 0 Å². The number of fused-ring (bicyclic) bond motifs is 1. The number of aryl methyl sites for hydroxylation is 1. The van der Waals surface area contributed by atoms with Crippen LogP contribution < -0.4 is 32.8 Å². The van der Waals surface area contributed by atoms with Gasteiger partial charge in [-0.2, -0.15) is 0 Å². The number of aromatic amines is 2. The molecule has 0 bridgehead atoms. The van der Waals surface area contributed by atoms with Gasteiger partial charge in [0.25, 0.3) is 11.6 Å². The summed E-state index contributed by atoms with van der Waals surface area (Å²) in [5.74, 6) is 0.780. The first-order valence-corrected chi connectivity index (χ1v) is 12.1. The molecule has 0 saturated carbocycles. The lowest BCUT2D eigenvalue weighted by molar-refractivity contribution is -0.352. The number of carbonyl (C=O) groups is 2. The Hall–Kier alpha value is -4.27. The van der Waals surface area contributed by atoms with E-state index in [2.05, 4.69) is 45.5 Å². The highest BCUT2D eigenvalue weighted by Crippen LogP contribution is 2.26. The molecule has 0 aromatic carbocycles. The zero-order valence-corrected chi connectivity index (χ0v) is 20.6. The van der Waals surface area contributed by atoms with Gasteiger partial charge >= 0.3 is 0 Å². The molecule has 2 aliphatic rings. The Labute approximate surface area is 215 Å². The summed E-state index contributed by atoms with van der Waals surface area (Å²) in [5, 5.41) is 5.85. The summed E-state index contributed by atoms with van der Waals surface area (Å²) >= 11 is 5.86. The molecule has 3 aromatic rings. The van der Waals surface area contributed by atoms with E-state index >= 15 is 0 Å². The predicted octanol–water partition coefficient (Wildman–Crippen LogP) is -0.965. The highest BCUT2D eigenvalue weighted by atomic mass is 35.5.